The van der Waals surface area contributed by atoms with Gasteiger partial charge in [0, 0.05) is 6.54 Å². The molecule has 0 radical (unpaired) electrons. The summed E-state index contributed by atoms with van der Waals surface area (Å²) in [4.78, 5) is 40.5. The SMILES string of the molecule is CC(C)[C@H](NC(=O)[C@H](CCCN=C(N)N)NC(=O)[C@@H](N)Cc1ccc(O)cc1)C(=O)O. The molecular weight excluding hydrogens is 404 g/mol. The molecule has 0 aliphatic heterocycles. The topological polar surface area (TPSA) is 206 Å². The maximum Gasteiger partial charge on any atom is 0.326 e. The number of carboxylic acids is 1. The number of hydrogen-bond acceptors (Lipinski definition) is 6. The van der Waals surface area contributed by atoms with E-state index < -0.39 is 35.9 Å². The van der Waals surface area contributed by atoms with Crippen LogP contribution in [-0.2, 0) is 20.8 Å². The van der Waals surface area contributed by atoms with Gasteiger partial charge in [0.25, 0.3) is 0 Å². The highest BCUT2D eigenvalue weighted by Crippen LogP contribution is 2.11. The quantitative estimate of drug-likeness (QED) is 0.123. The highest BCUT2D eigenvalue weighted by molar-refractivity contribution is 5.91. The van der Waals surface area contributed by atoms with Gasteiger partial charge in [-0.25, -0.2) is 4.79 Å². The minimum absolute atomic E-state index is 0.0910. The number of phenolic OH excluding ortho intramolecular Hbond substituents is 1. The van der Waals surface area contributed by atoms with Gasteiger partial charge in [0.1, 0.15) is 17.8 Å². The van der Waals surface area contributed by atoms with Crippen molar-refractivity contribution in [3.8, 4) is 5.75 Å². The van der Waals surface area contributed by atoms with Gasteiger partial charge < -0.3 is 38.0 Å². The molecule has 0 saturated heterocycles. The Morgan fingerprint density at radius 2 is 1.68 bits per heavy atom. The number of aliphatic imine (C=N–C) groups is 1. The Balaban J connectivity index is 2.84. The van der Waals surface area contributed by atoms with E-state index in [9.17, 15) is 24.6 Å². The first-order valence-corrected chi connectivity index (χ1v) is 9.93. The fraction of sp³-hybridized carbons (Fsp3) is 0.500. The molecule has 31 heavy (non-hydrogen) atoms. The lowest BCUT2D eigenvalue weighted by atomic mass is 10.0. The number of carboxylic acid groups (broad SMARTS) is 1. The average molecular weight is 437 g/mol. The molecule has 3 atom stereocenters. The highest BCUT2D eigenvalue weighted by atomic mass is 16.4. The van der Waals surface area contributed by atoms with Crippen LogP contribution < -0.4 is 27.8 Å². The Kier molecular flexibility index (Phi) is 10.3. The van der Waals surface area contributed by atoms with Crippen LogP contribution in [0, 0.1) is 5.92 Å². The fourth-order valence-corrected chi connectivity index (χ4v) is 2.80. The number of hydrogen-bond donors (Lipinski definition) is 7. The summed E-state index contributed by atoms with van der Waals surface area (Å²) < 4.78 is 0. The normalized spacial score (nSPS) is 13.7. The van der Waals surface area contributed by atoms with E-state index >= 15 is 0 Å². The van der Waals surface area contributed by atoms with Gasteiger partial charge in [-0.1, -0.05) is 26.0 Å². The van der Waals surface area contributed by atoms with Crippen LogP contribution in [-0.4, -0.2) is 58.6 Å². The van der Waals surface area contributed by atoms with Crippen LogP contribution in [0.15, 0.2) is 29.3 Å². The molecule has 1 rings (SSSR count). The van der Waals surface area contributed by atoms with Crippen LogP contribution in [0.1, 0.15) is 32.3 Å². The third kappa shape index (κ3) is 9.34. The zero-order chi connectivity index (χ0) is 23.6. The van der Waals surface area contributed by atoms with Crippen molar-refractivity contribution in [3.63, 3.8) is 0 Å². The lowest BCUT2D eigenvalue weighted by molar-refractivity contribution is -0.143. The summed E-state index contributed by atoms with van der Waals surface area (Å²) in [5, 5.41) is 23.7. The van der Waals surface area contributed by atoms with Gasteiger partial charge in [-0.2, -0.15) is 0 Å². The molecule has 1 aromatic carbocycles. The summed E-state index contributed by atoms with van der Waals surface area (Å²) in [6.45, 7) is 3.58. The molecule has 0 heterocycles. The standard InChI is InChI=1S/C20H32N6O5/c1-11(2)16(19(30)31)26-18(29)15(4-3-9-24-20(22)23)25-17(28)14(21)10-12-5-7-13(27)8-6-12/h5-8,11,14-16,27H,3-4,9-10,21H2,1-2H3,(H,25,28)(H,26,29)(H,30,31)(H4,22,23,24)/t14-,15-,16-/m0/s1. The van der Waals surface area contributed by atoms with Gasteiger partial charge >= 0.3 is 5.97 Å². The Morgan fingerprint density at radius 3 is 2.19 bits per heavy atom. The number of carbonyl (C=O) groups excluding carboxylic acids is 2. The fourth-order valence-electron chi connectivity index (χ4n) is 2.80. The van der Waals surface area contributed by atoms with Gasteiger partial charge in [-0.15, -0.1) is 0 Å². The molecule has 172 valence electrons. The minimum atomic E-state index is -1.17. The maximum atomic E-state index is 12.7. The van der Waals surface area contributed by atoms with Crippen molar-refractivity contribution in [1.82, 2.24) is 10.6 Å². The van der Waals surface area contributed by atoms with Crippen LogP contribution >= 0.6 is 0 Å². The van der Waals surface area contributed by atoms with Crippen LogP contribution in [0.4, 0.5) is 0 Å². The molecule has 0 fully saturated rings. The lowest BCUT2D eigenvalue weighted by Gasteiger charge is -2.24. The number of benzene rings is 1. The van der Waals surface area contributed by atoms with E-state index in [1.807, 2.05) is 0 Å². The summed E-state index contributed by atoms with van der Waals surface area (Å²) in [5.41, 5.74) is 17.3. The predicted octanol–water partition coefficient (Wildman–Crippen LogP) is -0.974. The lowest BCUT2D eigenvalue weighted by Crippen LogP contribution is -2.55. The Labute approximate surface area is 181 Å². The molecule has 11 nitrogen and oxygen atoms in total. The molecule has 10 N–H and O–H groups in total. The molecule has 1 aromatic rings. The molecule has 0 spiro atoms. The monoisotopic (exact) mass is 436 g/mol. The molecule has 0 aromatic heterocycles. The number of nitrogens with one attached hydrogen (secondary N) is 2. The second-order valence-corrected chi connectivity index (χ2v) is 7.56. The van der Waals surface area contributed by atoms with E-state index in [1.165, 1.54) is 12.1 Å². The Bertz CT molecular complexity index is 777. The van der Waals surface area contributed by atoms with Crippen LogP contribution in [0.2, 0.25) is 0 Å². The number of aliphatic carboxylic acids is 1. The van der Waals surface area contributed by atoms with Gasteiger partial charge in [-0.05, 0) is 42.9 Å². The number of nitrogens with zero attached hydrogens (tertiary/aromatic N) is 1. The van der Waals surface area contributed by atoms with Crippen molar-refractivity contribution in [1.29, 1.82) is 0 Å². The predicted molar refractivity (Wildman–Crippen MR) is 116 cm³/mol. The number of nitrogens with two attached hydrogens (primary N) is 3. The maximum absolute atomic E-state index is 12.7. The van der Waals surface area contributed by atoms with E-state index in [0.717, 1.165) is 5.56 Å². The van der Waals surface area contributed by atoms with Crippen molar-refractivity contribution in [2.45, 2.75) is 51.2 Å². The number of guanidine groups is 1. The first-order chi connectivity index (χ1) is 14.5. The van der Waals surface area contributed by atoms with Gasteiger partial charge in [0.2, 0.25) is 11.8 Å². The second-order valence-electron chi connectivity index (χ2n) is 7.56. The first-order valence-electron chi connectivity index (χ1n) is 9.93. The summed E-state index contributed by atoms with van der Waals surface area (Å²) in [5.74, 6) is -2.71. The van der Waals surface area contributed by atoms with Crippen LogP contribution in [0.25, 0.3) is 0 Å². The average Bonchev–Trinajstić information content (AvgIpc) is 2.68. The van der Waals surface area contributed by atoms with Crippen molar-refractivity contribution in [2.24, 2.45) is 28.1 Å². The van der Waals surface area contributed by atoms with Crippen LogP contribution in [0.5, 0.6) is 5.75 Å². The molecule has 0 saturated carbocycles. The van der Waals surface area contributed by atoms with E-state index in [-0.39, 0.29) is 37.0 Å². The molecule has 2 amide bonds. The molecule has 0 bridgehead atoms. The third-order valence-electron chi connectivity index (χ3n) is 4.54. The smallest absolute Gasteiger partial charge is 0.326 e. The van der Waals surface area contributed by atoms with Gasteiger partial charge in [0.15, 0.2) is 5.96 Å². The molecular formula is C20H32N6O5. The number of rotatable bonds is 12. The zero-order valence-corrected chi connectivity index (χ0v) is 17.7. The van der Waals surface area contributed by atoms with Gasteiger partial charge in [0.05, 0.1) is 6.04 Å². The summed E-state index contributed by atoms with van der Waals surface area (Å²) in [7, 11) is 0. The van der Waals surface area contributed by atoms with E-state index in [0.29, 0.717) is 6.42 Å². The molecule has 0 aliphatic rings. The molecule has 11 heteroatoms. The van der Waals surface area contributed by atoms with E-state index in [4.69, 9.17) is 17.2 Å². The van der Waals surface area contributed by atoms with Crippen molar-refractivity contribution in [2.75, 3.05) is 6.54 Å². The highest BCUT2D eigenvalue weighted by Gasteiger charge is 2.29. The largest absolute Gasteiger partial charge is 0.508 e. The zero-order valence-electron chi connectivity index (χ0n) is 17.7. The second kappa shape index (κ2) is 12.4. The van der Waals surface area contributed by atoms with E-state index in [1.54, 1.807) is 26.0 Å². The third-order valence-corrected chi connectivity index (χ3v) is 4.54. The summed E-state index contributed by atoms with van der Waals surface area (Å²) in [6.07, 6.45) is 0.756. The molecule has 0 aliphatic carbocycles. The number of amides is 2. The van der Waals surface area contributed by atoms with Crippen LogP contribution in [0.3, 0.4) is 0 Å². The minimum Gasteiger partial charge on any atom is -0.508 e. The van der Waals surface area contributed by atoms with Crippen molar-refractivity contribution < 1.29 is 24.6 Å². The first kappa shape index (κ1) is 25.7. The van der Waals surface area contributed by atoms with Crippen molar-refractivity contribution in [3.05, 3.63) is 29.8 Å². The summed E-state index contributed by atoms with van der Waals surface area (Å²) >= 11 is 0. The Hall–Kier alpha value is -3.34. The number of carbonyl (C=O) groups is 3. The van der Waals surface area contributed by atoms with E-state index in [2.05, 4.69) is 15.6 Å². The number of aromatic hydroxyl groups is 1. The Morgan fingerprint density at radius 1 is 1.06 bits per heavy atom. The molecule has 0 unspecified atom stereocenters. The number of phenols is 1. The van der Waals surface area contributed by atoms with Crippen molar-refractivity contribution >= 4 is 23.7 Å². The summed E-state index contributed by atoms with van der Waals surface area (Å²) in [6, 6.07) is 3.20. The van der Waals surface area contributed by atoms with Gasteiger partial charge in [-0.3, -0.25) is 14.6 Å².